The van der Waals surface area contributed by atoms with Crippen LogP contribution in [-0.2, 0) is 4.74 Å². The minimum atomic E-state index is 0.855. The first kappa shape index (κ1) is 7.86. The Hall–Kier alpha value is -0.240. The summed E-state index contributed by atoms with van der Waals surface area (Å²) >= 11 is 3.35. The van der Waals surface area contributed by atoms with Gasteiger partial charge in [0.1, 0.15) is 5.76 Å². The third-order valence-electron chi connectivity index (χ3n) is 1.29. The van der Waals surface area contributed by atoms with Crippen LogP contribution in [0.2, 0.25) is 0 Å². The molecule has 0 spiro atoms. The largest absolute Gasteiger partial charge is 0.494 e. The molecule has 0 aromatic carbocycles. The topological polar surface area (TPSA) is 9.23 Å². The zero-order chi connectivity index (χ0) is 7.23. The molecule has 1 heterocycles. The van der Waals surface area contributed by atoms with E-state index in [1.165, 1.54) is 0 Å². The summed E-state index contributed by atoms with van der Waals surface area (Å²) in [6.07, 6.45) is 8.40. The molecule has 0 saturated carbocycles. The van der Waals surface area contributed by atoms with Gasteiger partial charge in [0.15, 0.2) is 0 Å². The molecule has 1 rings (SSSR count). The SMILES string of the molecule is BrCC/C=C/C1=CCCO1. The fourth-order valence-corrected chi connectivity index (χ4v) is 1.08. The van der Waals surface area contributed by atoms with Gasteiger partial charge < -0.3 is 4.74 Å². The molecule has 0 saturated heterocycles. The molecule has 0 aromatic heterocycles. The predicted molar refractivity (Wildman–Crippen MR) is 46.2 cm³/mol. The molecule has 0 atom stereocenters. The third-order valence-corrected chi connectivity index (χ3v) is 1.75. The van der Waals surface area contributed by atoms with Crippen molar-refractivity contribution in [3.63, 3.8) is 0 Å². The average molecular weight is 203 g/mol. The molecule has 56 valence electrons. The second kappa shape index (κ2) is 4.56. The number of rotatable bonds is 3. The van der Waals surface area contributed by atoms with Crippen LogP contribution in [0.4, 0.5) is 0 Å². The summed E-state index contributed by atoms with van der Waals surface area (Å²) in [4.78, 5) is 0. The van der Waals surface area contributed by atoms with E-state index in [9.17, 15) is 0 Å². The van der Waals surface area contributed by atoms with Crippen LogP contribution in [0.15, 0.2) is 24.0 Å². The summed E-state index contributed by atoms with van der Waals surface area (Å²) in [6.45, 7) is 0.855. The van der Waals surface area contributed by atoms with Crippen LogP contribution in [0.3, 0.4) is 0 Å². The lowest BCUT2D eigenvalue weighted by Gasteiger charge is -1.94. The molecule has 1 aliphatic rings. The van der Waals surface area contributed by atoms with Crippen molar-refractivity contribution in [3.8, 4) is 0 Å². The van der Waals surface area contributed by atoms with Gasteiger partial charge in [-0.25, -0.2) is 0 Å². The summed E-state index contributed by atoms with van der Waals surface area (Å²) in [7, 11) is 0. The summed E-state index contributed by atoms with van der Waals surface area (Å²) in [5, 5.41) is 1.02. The first-order valence-electron chi connectivity index (χ1n) is 3.49. The normalized spacial score (nSPS) is 17.5. The zero-order valence-electron chi connectivity index (χ0n) is 5.85. The van der Waals surface area contributed by atoms with Gasteiger partial charge in [-0.1, -0.05) is 22.0 Å². The van der Waals surface area contributed by atoms with E-state index in [2.05, 4.69) is 28.1 Å². The average Bonchev–Trinajstić information content (AvgIpc) is 2.41. The Labute approximate surface area is 69.9 Å². The van der Waals surface area contributed by atoms with Gasteiger partial charge in [-0.2, -0.15) is 0 Å². The van der Waals surface area contributed by atoms with Gasteiger partial charge in [-0.3, -0.25) is 0 Å². The summed E-state index contributed by atoms with van der Waals surface area (Å²) in [5.41, 5.74) is 0. The number of hydrogen-bond acceptors (Lipinski definition) is 1. The van der Waals surface area contributed by atoms with Crippen LogP contribution in [0.5, 0.6) is 0 Å². The number of hydrogen-bond donors (Lipinski definition) is 0. The van der Waals surface area contributed by atoms with Crippen LogP contribution in [0, 0.1) is 0 Å². The number of halogens is 1. The molecule has 0 amide bonds. The highest BCUT2D eigenvalue weighted by molar-refractivity contribution is 9.09. The van der Waals surface area contributed by atoms with E-state index in [1.807, 2.05) is 6.08 Å². The highest BCUT2D eigenvalue weighted by Gasteiger charge is 1.98. The molecule has 1 nitrogen and oxygen atoms in total. The van der Waals surface area contributed by atoms with Crippen LogP contribution in [0.1, 0.15) is 12.8 Å². The standard InChI is InChI=1S/C8H11BrO/c9-6-2-1-4-8-5-3-7-10-8/h1,4-5H,2-3,6-7H2/b4-1+. The van der Waals surface area contributed by atoms with Gasteiger partial charge in [0, 0.05) is 11.8 Å². The van der Waals surface area contributed by atoms with E-state index in [-0.39, 0.29) is 0 Å². The molecule has 0 radical (unpaired) electrons. The molecule has 0 aromatic rings. The van der Waals surface area contributed by atoms with Gasteiger partial charge in [-0.15, -0.1) is 0 Å². The summed E-state index contributed by atoms with van der Waals surface area (Å²) in [6, 6.07) is 0. The van der Waals surface area contributed by atoms with Crippen molar-refractivity contribution in [2.45, 2.75) is 12.8 Å². The van der Waals surface area contributed by atoms with Crippen LogP contribution >= 0.6 is 15.9 Å². The van der Waals surface area contributed by atoms with Crippen LogP contribution in [-0.4, -0.2) is 11.9 Å². The zero-order valence-corrected chi connectivity index (χ0v) is 7.43. The fourth-order valence-electron chi connectivity index (χ4n) is 0.816. The lowest BCUT2D eigenvalue weighted by Crippen LogP contribution is -1.79. The van der Waals surface area contributed by atoms with E-state index in [1.54, 1.807) is 0 Å². The van der Waals surface area contributed by atoms with Crippen molar-refractivity contribution in [2.75, 3.05) is 11.9 Å². The Morgan fingerprint density at radius 2 is 2.60 bits per heavy atom. The maximum Gasteiger partial charge on any atom is 0.115 e. The van der Waals surface area contributed by atoms with Gasteiger partial charge >= 0.3 is 0 Å². The van der Waals surface area contributed by atoms with Gasteiger partial charge in [0.2, 0.25) is 0 Å². The van der Waals surface area contributed by atoms with Gasteiger partial charge in [0.05, 0.1) is 6.61 Å². The Bertz CT molecular complexity index is 149. The Kier molecular flexibility index (Phi) is 3.58. The van der Waals surface area contributed by atoms with Crippen molar-refractivity contribution >= 4 is 15.9 Å². The maximum atomic E-state index is 5.26. The van der Waals surface area contributed by atoms with E-state index < -0.39 is 0 Å². The molecular formula is C8H11BrO. The number of ether oxygens (including phenoxy) is 1. The fraction of sp³-hybridized carbons (Fsp3) is 0.500. The van der Waals surface area contributed by atoms with Crippen molar-refractivity contribution in [1.29, 1.82) is 0 Å². The second-order valence-corrected chi connectivity index (χ2v) is 2.92. The molecule has 0 unspecified atom stereocenters. The Morgan fingerprint density at radius 1 is 1.70 bits per heavy atom. The van der Waals surface area contributed by atoms with Crippen molar-refractivity contribution in [1.82, 2.24) is 0 Å². The molecule has 1 aliphatic heterocycles. The lowest BCUT2D eigenvalue weighted by atomic mass is 10.3. The van der Waals surface area contributed by atoms with E-state index in [0.29, 0.717) is 0 Å². The van der Waals surface area contributed by atoms with Crippen LogP contribution < -0.4 is 0 Å². The predicted octanol–water partition coefficient (Wildman–Crippen LogP) is 2.63. The monoisotopic (exact) mass is 202 g/mol. The van der Waals surface area contributed by atoms with Crippen molar-refractivity contribution < 1.29 is 4.74 Å². The smallest absolute Gasteiger partial charge is 0.115 e. The molecule has 0 fully saturated rings. The van der Waals surface area contributed by atoms with E-state index in [0.717, 1.165) is 30.5 Å². The lowest BCUT2D eigenvalue weighted by molar-refractivity contribution is 0.257. The van der Waals surface area contributed by atoms with Crippen molar-refractivity contribution in [3.05, 3.63) is 24.0 Å². The van der Waals surface area contributed by atoms with Crippen LogP contribution in [0.25, 0.3) is 0 Å². The van der Waals surface area contributed by atoms with Gasteiger partial charge in [0.25, 0.3) is 0 Å². The molecule has 0 bridgehead atoms. The number of alkyl halides is 1. The minimum absolute atomic E-state index is 0.855. The molecule has 2 heteroatoms. The first-order chi connectivity index (χ1) is 4.93. The van der Waals surface area contributed by atoms with E-state index in [4.69, 9.17) is 4.74 Å². The molecule has 0 aliphatic carbocycles. The highest BCUT2D eigenvalue weighted by atomic mass is 79.9. The third kappa shape index (κ3) is 2.56. The quantitative estimate of drug-likeness (QED) is 0.640. The molecular weight excluding hydrogens is 192 g/mol. The second-order valence-electron chi connectivity index (χ2n) is 2.12. The number of allylic oxidation sites excluding steroid dienone is 2. The Balaban J connectivity index is 2.23. The van der Waals surface area contributed by atoms with Gasteiger partial charge in [-0.05, 0) is 18.6 Å². The molecule has 0 N–H and O–H groups in total. The summed E-state index contributed by atoms with van der Waals surface area (Å²) in [5.74, 6) is 1.03. The van der Waals surface area contributed by atoms with Crippen molar-refractivity contribution in [2.24, 2.45) is 0 Å². The maximum absolute atomic E-state index is 5.26. The summed E-state index contributed by atoms with van der Waals surface area (Å²) < 4.78 is 5.26. The molecule has 10 heavy (non-hydrogen) atoms. The minimum Gasteiger partial charge on any atom is -0.494 e. The highest BCUT2D eigenvalue weighted by Crippen LogP contribution is 2.10. The Morgan fingerprint density at radius 3 is 3.20 bits per heavy atom. The first-order valence-corrected chi connectivity index (χ1v) is 4.61. The van der Waals surface area contributed by atoms with E-state index >= 15 is 0 Å².